The Kier molecular flexibility index (Phi) is 5.88. The third kappa shape index (κ3) is 3.64. The van der Waals surface area contributed by atoms with Gasteiger partial charge in [-0.25, -0.2) is 4.79 Å². The summed E-state index contributed by atoms with van der Waals surface area (Å²) in [5.41, 5.74) is 0. The van der Waals surface area contributed by atoms with E-state index in [2.05, 4.69) is 17.4 Å². The van der Waals surface area contributed by atoms with Gasteiger partial charge in [-0.15, -0.1) is 22.7 Å². The van der Waals surface area contributed by atoms with E-state index in [0.717, 1.165) is 22.6 Å². The maximum absolute atomic E-state index is 13.6. The van der Waals surface area contributed by atoms with E-state index in [1.54, 1.807) is 22.7 Å². The van der Waals surface area contributed by atoms with Gasteiger partial charge in [-0.2, -0.15) is 0 Å². The van der Waals surface area contributed by atoms with Crippen LogP contribution in [0.3, 0.4) is 0 Å². The Bertz CT molecular complexity index is 746. The number of carbonyl (C=O) groups is 2. The standard InChI is InChI=1S/C22H28N2O2S2/c1-14-19(17-10-6-12-27-17)24(22(26)23-16-8-4-3-5-9-16)20(15(2)21(14)25)18-11-7-13-28-18/h6-7,10-16,19-20H,3-5,8-9H2,1-2H3,(H,23,26)/t14-,15+,19+,20-. The Morgan fingerprint density at radius 2 is 1.50 bits per heavy atom. The zero-order chi connectivity index (χ0) is 19.7. The van der Waals surface area contributed by atoms with Crippen molar-refractivity contribution in [1.29, 1.82) is 0 Å². The van der Waals surface area contributed by atoms with Crippen LogP contribution in [0.2, 0.25) is 0 Å². The van der Waals surface area contributed by atoms with Crippen molar-refractivity contribution in [1.82, 2.24) is 10.2 Å². The molecule has 1 N–H and O–H groups in total. The molecule has 28 heavy (non-hydrogen) atoms. The third-order valence-corrected chi connectivity index (χ3v) is 8.17. The highest BCUT2D eigenvalue weighted by Gasteiger charge is 2.49. The summed E-state index contributed by atoms with van der Waals surface area (Å²) in [6.07, 6.45) is 5.72. The number of urea groups is 1. The van der Waals surface area contributed by atoms with Crippen LogP contribution >= 0.6 is 22.7 Å². The maximum Gasteiger partial charge on any atom is 0.318 e. The van der Waals surface area contributed by atoms with Crippen molar-refractivity contribution < 1.29 is 9.59 Å². The average Bonchev–Trinajstić information content (AvgIpc) is 3.41. The van der Waals surface area contributed by atoms with E-state index in [1.807, 2.05) is 41.6 Å². The van der Waals surface area contributed by atoms with E-state index < -0.39 is 0 Å². The van der Waals surface area contributed by atoms with Crippen molar-refractivity contribution in [3.8, 4) is 0 Å². The van der Waals surface area contributed by atoms with Crippen LogP contribution < -0.4 is 5.32 Å². The van der Waals surface area contributed by atoms with Crippen molar-refractivity contribution in [2.24, 2.45) is 11.8 Å². The molecule has 2 aliphatic rings. The summed E-state index contributed by atoms with van der Waals surface area (Å²) in [5, 5.41) is 7.37. The first-order chi connectivity index (χ1) is 13.6. The minimum atomic E-state index is -0.209. The molecule has 6 heteroatoms. The zero-order valence-corrected chi connectivity index (χ0v) is 18.1. The monoisotopic (exact) mass is 416 g/mol. The minimum Gasteiger partial charge on any atom is -0.335 e. The molecule has 4 nitrogen and oxygen atoms in total. The molecule has 0 unspecified atom stereocenters. The molecule has 3 heterocycles. The topological polar surface area (TPSA) is 49.4 Å². The fraction of sp³-hybridized carbons (Fsp3) is 0.545. The van der Waals surface area contributed by atoms with Crippen molar-refractivity contribution in [3.05, 3.63) is 44.8 Å². The van der Waals surface area contributed by atoms with Gasteiger partial charge in [-0.05, 0) is 35.7 Å². The molecule has 2 aromatic heterocycles. The molecule has 0 radical (unpaired) electrons. The van der Waals surface area contributed by atoms with Crippen LogP contribution in [-0.2, 0) is 4.79 Å². The van der Waals surface area contributed by atoms with Gasteiger partial charge in [0.1, 0.15) is 5.78 Å². The van der Waals surface area contributed by atoms with Crippen LogP contribution in [-0.4, -0.2) is 22.8 Å². The van der Waals surface area contributed by atoms with Gasteiger partial charge in [0.25, 0.3) is 0 Å². The molecule has 2 aromatic rings. The number of thiophene rings is 2. The number of amides is 2. The van der Waals surface area contributed by atoms with Gasteiger partial charge in [-0.1, -0.05) is 45.2 Å². The van der Waals surface area contributed by atoms with E-state index in [-0.39, 0.29) is 41.8 Å². The molecule has 4 atom stereocenters. The van der Waals surface area contributed by atoms with Gasteiger partial charge in [0.15, 0.2) is 0 Å². The molecular formula is C22H28N2O2S2. The van der Waals surface area contributed by atoms with Crippen LogP contribution in [0.5, 0.6) is 0 Å². The highest BCUT2D eigenvalue weighted by molar-refractivity contribution is 7.10. The second-order valence-electron chi connectivity index (χ2n) is 8.09. The van der Waals surface area contributed by atoms with Crippen LogP contribution in [0.25, 0.3) is 0 Å². The molecule has 0 aromatic carbocycles. The highest BCUT2D eigenvalue weighted by atomic mass is 32.1. The molecule has 1 saturated carbocycles. The molecule has 2 fully saturated rings. The van der Waals surface area contributed by atoms with Gasteiger partial charge in [0.05, 0.1) is 12.1 Å². The SMILES string of the molecule is C[C@@H]1C(=O)[C@H](C)[C@@H](c2cccs2)N(C(=O)NC2CCCCC2)[C@H]1c1cccs1. The molecule has 1 aliphatic heterocycles. The summed E-state index contributed by atoms with van der Waals surface area (Å²) < 4.78 is 0. The first-order valence-electron chi connectivity index (χ1n) is 10.3. The van der Waals surface area contributed by atoms with E-state index in [1.165, 1.54) is 19.3 Å². The van der Waals surface area contributed by atoms with Gasteiger partial charge in [-0.3, -0.25) is 4.79 Å². The molecule has 2 amide bonds. The minimum absolute atomic E-state index is 0.0186. The number of rotatable bonds is 3. The smallest absolute Gasteiger partial charge is 0.318 e. The van der Waals surface area contributed by atoms with Crippen LogP contribution in [0.1, 0.15) is 67.8 Å². The number of nitrogens with one attached hydrogen (secondary N) is 1. The highest BCUT2D eigenvalue weighted by Crippen LogP contribution is 2.48. The van der Waals surface area contributed by atoms with Crippen LogP contribution in [0.4, 0.5) is 4.79 Å². The molecule has 1 aliphatic carbocycles. The van der Waals surface area contributed by atoms with Crippen molar-refractivity contribution in [2.75, 3.05) is 0 Å². The molecular weight excluding hydrogens is 388 g/mol. The number of ketones is 1. The first kappa shape index (κ1) is 19.6. The number of hydrogen-bond acceptors (Lipinski definition) is 4. The summed E-state index contributed by atoms with van der Waals surface area (Å²) in [6, 6.07) is 7.94. The lowest BCUT2D eigenvalue weighted by Crippen LogP contribution is -2.55. The maximum atomic E-state index is 13.6. The van der Waals surface area contributed by atoms with E-state index in [9.17, 15) is 9.59 Å². The van der Waals surface area contributed by atoms with Crippen molar-refractivity contribution in [3.63, 3.8) is 0 Å². The lowest BCUT2D eigenvalue weighted by Gasteiger charge is -2.47. The molecule has 4 rings (SSSR count). The predicted molar refractivity (Wildman–Crippen MR) is 115 cm³/mol. The van der Waals surface area contributed by atoms with Crippen LogP contribution in [0.15, 0.2) is 35.0 Å². The fourth-order valence-corrected chi connectivity index (χ4v) is 6.67. The predicted octanol–water partition coefficient (Wildman–Crippen LogP) is 5.79. The average molecular weight is 417 g/mol. The molecule has 0 spiro atoms. The first-order valence-corrected chi connectivity index (χ1v) is 12.0. The number of piperidine rings is 1. The van der Waals surface area contributed by atoms with Crippen LogP contribution in [0, 0.1) is 11.8 Å². The lowest BCUT2D eigenvalue weighted by molar-refractivity contribution is -0.135. The number of carbonyl (C=O) groups excluding carboxylic acids is 2. The van der Waals surface area contributed by atoms with Crippen molar-refractivity contribution >= 4 is 34.5 Å². The van der Waals surface area contributed by atoms with E-state index in [0.29, 0.717) is 0 Å². The Labute approximate surface area is 174 Å². The molecule has 1 saturated heterocycles. The zero-order valence-electron chi connectivity index (χ0n) is 16.5. The Morgan fingerprint density at radius 1 is 0.964 bits per heavy atom. The van der Waals surface area contributed by atoms with Gasteiger partial charge in [0.2, 0.25) is 0 Å². The number of nitrogens with zero attached hydrogens (tertiary/aromatic N) is 1. The fourth-order valence-electron chi connectivity index (χ4n) is 4.82. The largest absolute Gasteiger partial charge is 0.335 e. The summed E-state index contributed by atoms with van der Waals surface area (Å²) in [6.45, 7) is 3.96. The van der Waals surface area contributed by atoms with E-state index >= 15 is 0 Å². The number of hydrogen-bond donors (Lipinski definition) is 1. The Balaban J connectivity index is 1.72. The third-order valence-electron chi connectivity index (χ3n) is 6.28. The number of Topliss-reactive ketones (excluding diaryl/α,β-unsaturated/α-hetero) is 1. The molecule has 0 bridgehead atoms. The second kappa shape index (κ2) is 8.37. The Hall–Kier alpha value is -1.66. The van der Waals surface area contributed by atoms with E-state index in [4.69, 9.17) is 0 Å². The summed E-state index contributed by atoms with van der Waals surface area (Å²) in [4.78, 5) is 30.9. The van der Waals surface area contributed by atoms with Gasteiger partial charge >= 0.3 is 6.03 Å². The summed E-state index contributed by atoms with van der Waals surface area (Å²) in [5.74, 6) is -0.164. The molecule has 150 valence electrons. The second-order valence-corrected chi connectivity index (χ2v) is 10.1. The summed E-state index contributed by atoms with van der Waals surface area (Å²) in [7, 11) is 0. The normalized spacial score (nSPS) is 29.1. The Morgan fingerprint density at radius 3 is 1.96 bits per heavy atom. The summed E-state index contributed by atoms with van der Waals surface area (Å²) >= 11 is 3.26. The van der Waals surface area contributed by atoms with Gasteiger partial charge in [0, 0.05) is 27.6 Å². The lowest BCUT2D eigenvalue weighted by atomic mass is 9.77. The quantitative estimate of drug-likeness (QED) is 0.688. The van der Waals surface area contributed by atoms with Crippen molar-refractivity contribution in [2.45, 2.75) is 64.1 Å². The number of likely N-dealkylation sites (tertiary alicyclic amines) is 1. The van der Waals surface area contributed by atoms with Gasteiger partial charge < -0.3 is 10.2 Å².